The molecule has 1 aliphatic rings. The van der Waals surface area contributed by atoms with Crippen LogP contribution in [-0.4, -0.2) is 0 Å². The third-order valence-corrected chi connectivity index (χ3v) is 2.90. The van der Waals surface area contributed by atoms with Crippen molar-refractivity contribution in [2.75, 3.05) is 0 Å². The van der Waals surface area contributed by atoms with Gasteiger partial charge >= 0.3 is 0 Å². The molecule has 0 nitrogen and oxygen atoms in total. The van der Waals surface area contributed by atoms with Crippen LogP contribution in [0.1, 0.15) is 40.5 Å². The van der Waals surface area contributed by atoms with Crippen molar-refractivity contribution in [2.45, 2.75) is 40.5 Å². The number of hydrogen-bond donors (Lipinski definition) is 0. The summed E-state index contributed by atoms with van der Waals surface area (Å²) < 4.78 is 0. The average molecular weight is 176 g/mol. The van der Waals surface area contributed by atoms with E-state index in [0.717, 1.165) is 12.3 Å². The molecule has 1 rings (SSSR count). The Bertz CT molecular complexity index is 264. The van der Waals surface area contributed by atoms with Crippen LogP contribution in [0.3, 0.4) is 0 Å². The SMILES string of the molecule is CCC=C=CC(C)=CC1(C)CC1C. The minimum absolute atomic E-state index is 0.481. The maximum atomic E-state index is 3.18. The van der Waals surface area contributed by atoms with E-state index < -0.39 is 0 Å². The zero-order valence-corrected chi connectivity index (χ0v) is 9.22. The number of allylic oxidation sites excluding steroid dienone is 3. The molecule has 0 aliphatic heterocycles. The molecule has 1 saturated carbocycles. The van der Waals surface area contributed by atoms with E-state index in [9.17, 15) is 0 Å². The molecule has 0 heterocycles. The molecule has 0 bridgehead atoms. The molecule has 0 aromatic carbocycles. The Hall–Kier alpha value is -0.740. The lowest BCUT2D eigenvalue weighted by Crippen LogP contribution is -1.90. The highest BCUT2D eigenvalue weighted by Gasteiger charge is 2.44. The lowest BCUT2D eigenvalue weighted by molar-refractivity contribution is 0.660. The van der Waals surface area contributed by atoms with Gasteiger partial charge in [-0.1, -0.05) is 26.8 Å². The first-order valence-electron chi connectivity index (χ1n) is 5.19. The Morgan fingerprint density at radius 3 is 2.69 bits per heavy atom. The van der Waals surface area contributed by atoms with Crippen molar-refractivity contribution in [1.29, 1.82) is 0 Å². The fraction of sp³-hybridized carbons (Fsp3) is 0.615. The molecular weight excluding hydrogens is 156 g/mol. The largest absolute Gasteiger partial charge is 0.125 e. The zero-order chi connectivity index (χ0) is 9.90. The van der Waals surface area contributed by atoms with Gasteiger partial charge in [0.05, 0.1) is 0 Å². The first-order valence-corrected chi connectivity index (χ1v) is 5.19. The standard InChI is InChI=1S/C13H20/c1-5-6-7-8-11(2)9-13(4)10-12(13)3/h6,8-9,12H,5,10H2,1-4H3. The predicted octanol–water partition coefficient (Wildman–Crippen LogP) is 4.10. The van der Waals surface area contributed by atoms with Crippen molar-refractivity contribution in [1.82, 2.24) is 0 Å². The van der Waals surface area contributed by atoms with Gasteiger partial charge in [0.25, 0.3) is 0 Å². The van der Waals surface area contributed by atoms with Gasteiger partial charge in [0.1, 0.15) is 0 Å². The lowest BCUT2D eigenvalue weighted by atomic mass is 10.0. The van der Waals surface area contributed by atoms with Gasteiger partial charge in [0, 0.05) is 0 Å². The summed E-state index contributed by atoms with van der Waals surface area (Å²) in [5.74, 6) is 0.867. The second-order valence-electron chi connectivity index (χ2n) is 4.42. The van der Waals surface area contributed by atoms with E-state index in [1.54, 1.807) is 0 Å². The van der Waals surface area contributed by atoms with Crippen molar-refractivity contribution < 1.29 is 0 Å². The molecule has 0 spiro atoms. The summed E-state index contributed by atoms with van der Waals surface area (Å²) in [6.45, 7) is 8.94. The molecule has 0 radical (unpaired) electrons. The van der Waals surface area contributed by atoms with Crippen LogP contribution in [0.5, 0.6) is 0 Å². The molecule has 13 heavy (non-hydrogen) atoms. The third kappa shape index (κ3) is 2.90. The molecule has 1 aliphatic carbocycles. The molecule has 2 unspecified atom stereocenters. The molecule has 0 saturated heterocycles. The minimum atomic E-state index is 0.481. The van der Waals surface area contributed by atoms with Gasteiger partial charge in [-0.25, -0.2) is 0 Å². The third-order valence-electron chi connectivity index (χ3n) is 2.90. The second-order valence-corrected chi connectivity index (χ2v) is 4.42. The van der Waals surface area contributed by atoms with Crippen LogP contribution in [-0.2, 0) is 0 Å². The predicted molar refractivity (Wildman–Crippen MR) is 58.6 cm³/mol. The maximum Gasteiger partial charge on any atom is -0.0112 e. The molecule has 0 aromatic rings. The molecule has 0 heteroatoms. The Labute approximate surface area is 82.0 Å². The molecule has 0 amide bonds. The van der Waals surface area contributed by atoms with E-state index in [0.29, 0.717) is 5.41 Å². The van der Waals surface area contributed by atoms with Crippen LogP contribution in [0, 0.1) is 11.3 Å². The van der Waals surface area contributed by atoms with Crippen LogP contribution in [0.4, 0.5) is 0 Å². The lowest BCUT2D eigenvalue weighted by Gasteiger charge is -2.01. The summed E-state index contributed by atoms with van der Waals surface area (Å²) in [6.07, 6.45) is 8.94. The van der Waals surface area contributed by atoms with Crippen molar-refractivity contribution in [2.24, 2.45) is 11.3 Å². The summed E-state index contributed by atoms with van der Waals surface area (Å²) in [7, 11) is 0. The second kappa shape index (κ2) is 3.98. The first kappa shape index (κ1) is 10.3. The topological polar surface area (TPSA) is 0 Å². The monoisotopic (exact) mass is 176 g/mol. The zero-order valence-electron chi connectivity index (χ0n) is 9.22. The van der Waals surface area contributed by atoms with Gasteiger partial charge in [-0.15, -0.1) is 5.73 Å². The van der Waals surface area contributed by atoms with Crippen LogP contribution < -0.4 is 0 Å². The van der Waals surface area contributed by atoms with Crippen molar-refractivity contribution in [3.8, 4) is 0 Å². The van der Waals surface area contributed by atoms with Crippen LogP contribution in [0.15, 0.2) is 29.5 Å². The highest BCUT2D eigenvalue weighted by atomic mass is 14.5. The molecule has 2 atom stereocenters. The highest BCUT2D eigenvalue weighted by molar-refractivity contribution is 5.23. The fourth-order valence-electron chi connectivity index (χ4n) is 1.67. The maximum absolute atomic E-state index is 3.18. The summed E-state index contributed by atoms with van der Waals surface area (Å²) in [6, 6.07) is 0. The van der Waals surface area contributed by atoms with E-state index in [1.807, 2.05) is 0 Å². The van der Waals surface area contributed by atoms with Crippen LogP contribution >= 0.6 is 0 Å². The first-order chi connectivity index (χ1) is 6.08. The van der Waals surface area contributed by atoms with E-state index >= 15 is 0 Å². The van der Waals surface area contributed by atoms with Crippen molar-refractivity contribution in [3.63, 3.8) is 0 Å². The summed E-state index contributed by atoms with van der Waals surface area (Å²) in [4.78, 5) is 0. The smallest absolute Gasteiger partial charge is 0.0112 e. The molecule has 0 N–H and O–H groups in total. The van der Waals surface area contributed by atoms with Crippen LogP contribution in [0.25, 0.3) is 0 Å². The Morgan fingerprint density at radius 1 is 1.62 bits per heavy atom. The molecular formula is C13H20. The van der Waals surface area contributed by atoms with Gasteiger partial charge in [-0.05, 0) is 48.8 Å². The van der Waals surface area contributed by atoms with E-state index in [4.69, 9.17) is 0 Å². The van der Waals surface area contributed by atoms with E-state index in [1.165, 1.54) is 12.0 Å². The number of rotatable bonds is 3. The molecule has 1 fully saturated rings. The van der Waals surface area contributed by atoms with E-state index in [2.05, 4.69) is 51.7 Å². The van der Waals surface area contributed by atoms with Gasteiger partial charge in [0.2, 0.25) is 0 Å². The minimum Gasteiger partial charge on any atom is -0.125 e. The van der Waals surface area contributed by atoms with Crippen LogP contribution in [0.2, 0.25) is 0 Å². The molecule has 72 valence electrons. The summed E-state index contributed by atoms with van der Waals surface area (Å²) in [5, 5.41) is 0. The average Bonchev–Trinajstić information content (AvgIpc) is 2.59. The number of hydrogen-bond acceptors (Lipinski definition) is 0. The fourth-order valence-corrected chi connectivity index (χ4v) is 1.67. The quantitative estimate of drug-likeness (QED) is 0.448. The Kier molecular flexibility index (Phi) is 3.17. The summed E-state index contributed by atoms with van der Waals surface area (Å²) in [5.41, 5.74) is 5.01. The van der Waals surface area contributed by atoms with Gasteiger partial charge < -0.3 is 0 Å². The summed E-state index contributed by atoms with van der Waals surface area (Å²) >= 11 is 0. The normalized spacial score (nSPS) is 32.3. The van der Waals surface area contributed by atoms with Gasteiger partial charge in [-0.2, -0.15) is 0 Å². The van der Waals surface area contributed by atoms with Crippen molar-refractivity contribution in [3.05, 3.63) is 29.5 Å². The van der Waals surface area contributed by atoms with Gasteiger partial charge in [0.15, 0.2) is 0 Å². The Morgan fingerprint density at radius 2 is 2.23 bits per heavy atom. The van der Waals surface area contributed by atoms with Gasteiger partial charge in [-0.3, -0.25) is 0 Å². The Balaban J connectivity index is 2.57. The highest BCUT2D eigenvalue weighted by Crippen LogP contribution is 2.53. The van der Waals surface area contributed by atoms with Crippen molar-refractivity contribution >= 4 is 0 Å². The molecule has 0 aromatic heterocycles. The van der Waals surface area contributed by atoms with E-state index in [-0.39, 0.29) is 0 Å².